The van der Waals surface area contributed by atoms with E-state index in [9.17, 15) is 0 Å². The van der Waals surface area contributed by atoms with Gasteiger partial charge in [0.05, 0.1) is 7.39 Å². The van der Waals surface area contributed by atoms with E-state index in [4.69, 9.17) is 2.78 Å². The summed E-state index contributed by atoms with van der Waals surface area (Å²) in [6.45, 7) is 2.01. The van der Waals surface area contributed by atoms with Gasteiger partial charge in [-0.1, -0.05) is 42.0 Å². The van der Waals surface area contributed by atoms with Gasteiger partial charge in [0.15, 0.2) is 1.41 Å². The fourth-order valence-electron chi connectivity index (χ4n) is 1.26. The second kappa shape index (κ2) is 5.14. The molecule has 0 fully saturated rings. The molecule has 1 aliphatic rings. The van der Waals surface area contributed by atoms with Gasteiger partial charge in [-0.05, 0) is 24.8 Å². The predicted molar refractivity (Wildman–Crippen MR) is 55.3 cm³/mol. The van der Waals surface area contributed by atoms with E-state index in [-0.39, 0.29) is 20.1 Å². The summed E-state index contributed by atoms with van der Waals surface area (Å²) in [5.74, 6) is 0. The molecule has 0 saturated carbocycles. The topological polar surface area (TPSA) is 12.0 Å². The molecule has 0 aliphatic carbocycles. The smallest absolute Gasteiger partial charge is 0.381 e. The van der Waals surface area contributed by atoms with Crippen LogP contribution in [-0.2, 0) is 20.1 Å². The second-order valence-corrected chi connectivity index (χ2v) is 3.08. The van der Waals surface area contributed by atoms with E-state index in [0.717, 1.165) is 16.4 Å². The molecule has 0 aromatic heterocycles. The molecule has 1 heterocycles. The molecular weight excluding hydrogens is 350 g/mol. The molecule has 1 aliphatic heterocycles. The van der Waals surface area contributed by atoms with Crippen molar-refractivity contribution in [2.75, 3.05) is 0 Å². The molecule has 1 N–H and O–H groups in total. The molecule has 72 valence electrons. The minimum Gasteiger partial charge on any atom is -0.381 e. The first-order valence-corrected chi connectivity index (χ1v) is 4.34. The zero-order chi connectivity index (χ0) is 10.9. The first-order valence-electron chi connectivity index (χ1n) is 5.29. The third-order valence-corrected chi connectivity index (χ3v) is 2.01. The van der Waals surface area contributed by atoms with E-state index < -0.39 is 6.02 Å². The average molecular weight is 365 g/mol. The average Bonchev–Trinajstić information content (AvgIpc) is 2.23. The van der Waals surface area contributed by atoms with Crippen molar-refractivity contribution >= 4 is 0 Å². The molecule has 0 saturated heterocycles. The quantitative estimate of drug-likeness (QED) is 0.807. The van der Waals surface area contributed by atoms with Gasteiger partial charge >= 0.3 is 20.1 Å². The molecule has 0 radical (unpaired) electrons. The number of aryl methyl sites for hydroxylation is 1. The number of hydrogen-bond donors (Lipinski definition) is 1. The fraction of sp³-hybridized carbons (Fsp3) is 0.167. The Morgan fingerprint density at radius 3 is 2.64 bits per heavy atom. The van der Waals surface area contributed by atoms with Gasteiger partial charge in [0.2, 0.25) is 0 Å². The molecule has 1 nitrogen and oxygen atoms in total. The summed E-state index contributed by atoms with van der Waals surface area (Å²) in [6.07, 6.45) is 6.86. The summed E-state index contributed by atoms with van der Waals surface area (Å²) in [5, 5.41) is 1.15. The Labute approximate surface area is 101 Å². The summed E-state index contributed by atoms with van der Waals surface area (Å²) in [5.41, 5.74) is 1.97. The molecule has 1 unspecified atom stereocenters. The monoisotopic (exact) mass is 366 g/mol. The van der Waals surface area contributed by atoms with Crippen molar-refractivity contribution < 1.29 is 22.9 Å². The van der Waals surface area contributed by atoms with Crippen LogP contribution in [0.25, 0.3) is 0 Å². The normalized spacial score (nSPS) is 26.5. The van der Waals surface area contributed by atoms with Gasteiger partial charge in [-0.2, -0.15) is 0 Å². The van der Waals surface area contributed by atoms with Gasteiger partial charge in [0.25, 0.3) is 0 Å². The van der Waals surface area contributed by atoms with Gasteiger partial charge in [-0.3, -0.25) is 0 Å². The zero-order valence-electron chi connectivity index (χ0n) is 9.90. The Morgan fingerprint density at radius 2 is 2.00 bits per heavy atom. The van der Waals surface area contributed by atoms with Crippen LogP contribution in [0.15, 0.2) is 48.7 Å². The van der Waals surface area contributed by atoms with Crippen molar-refractivity contribution in [1.82, 2.24) is 5.31 Å². The first-order chi connectivity index (χ1) is 7.13. The molecule has 2 rings (SSSR count). The van der Waals surface area contributed by atoms with Gasteiger partial charge < -0.3 is 5.31 Å². The van der Waals surface area contributed by atoms with Crippen LogP contribution in [0.3, 0.4) is 0 Å². The van der Waals surface area contributed by atoms with Gasteiger partial charge in [-0.15, -0.1) is 0 Å². The van der Waals surface area contributed by atoms with Crippen LogP contribution in [0.2, 0.25) is 1.41 Å². The Bertz CT molecular complexity index is 414. The summed E-state index contributed by atoms with van der Waals surface area (Å²) < 4.78 is 16.0. The van der Waals surface area contributed by atoms with Crippen molar-refractivity contribution in [3.8, 4) is 0 Å². The van der Waals surface area contributed by atoms with Crippen molar-refractivity contribution in [3.05, 3.63) is 59.8 Å². The number of allylic oxidation sites excluding steroid dienone is 2. The molecule has 2 heteroatoms. The predicted octanol–water partition coefficient (Wildman–Crippen LogP) is 2.71. The standard InChI is InChI=1S/C12H13N.Ir/c1-10-5-7-11(8-6-10)12-4-2-3-9-13-12;/h2-9,12-13H,1H3;/q;+3/i12D;/hD. The Kier molecular flexibility index (Phi) is 3.10. The molecule has 0 amide bonds. The maximum absolute atomic E-state index is 8.24. The number of benzene rings is 1. The van der Waals surface area contributed by atoms with E-state index in [1.54, 1.807) is 24.4 Å². The van der Waals surface area contributed by atoms with Crippen LogP contribution in [0.4, 0.5) is 0 Å². The Balaban J connectivity index is 0.00000128. The zero-order valence-corrected chi connectivity index (χ0v) is 10.3. The molecular formula is C12H13IrN+3. The van der Waals surface area contributed by atoms with E-state index in [0.29, 0.717) is 0 Å². The molecule has 1 aromatic carbocycles. The first kappa shape index (κ1) is 8.46. The van der Waals surface area contributed by atoms with Crippen molar-refractivity contribution in [2.45, 2.75) is 12.9 Å². The van der Waals surface area contributed by atoms with Crippen LogP contribution in [0, 0.1) is 6.92 Å². The number of hydrogen-bond acceptors (Lipinski definition) is 1. The number of rotatable bonds is 1. The van der Waals surface area contributed by atoms with Gasteiger partial charge in [-0.25, -0.2) is 0 Å². The number of nitrogens with one attached hydrogen (secondary N) is 1. The SMILES string of the molecule is [2H]N1C=CC=CC1([2H])c1ccc(C)cc1.[Ir+3]. The van der Waals surface area contributed by atoms with E-state index >= 15 is 0 Å². The van der Waals surface area contributed by atoms with E-state index in [2.05, 4.69) is 0 Å². The third kappa shape index (κ3) is 2.57. The maximum atomic E-state index is 8.24. The molecule has 1 atom stereocenters. The second-order valence-electron chi connectivity index (χ2n) is 3.08. The Morgan fingerprint density at radius 1 is 1.29 bits per heavy atom. The van der Waals surface area contributed by atoms with Gasteiger partial charge in [0.1, 0.15) is 0 Å². The minimum absolute atomic E-state index is 0. The van der Waals surface area contributed by atoms with Crippen molar-refractivity contribution in [1.29, 1.82) is 0 Å². The summed E-state index contributed by atoms with van der Waals surface area (Å²) in [4.78, 5) is 0. The summed E-state index contributed by atoms with van der Waals surface area (Å²) >= 11 is 0. The molecule has 1 aromatic rings. The van der Waals surface area contributed by atoms with E-state index in [1.807, 2.05) is 31.2 Å². The third-order valence-electron chi connectivity index (χ3n) is 2.01. The van der Waals surface area contributed by atoms with E-state index in [1.165, 1.54) is 0 Å². The molecule has 0 bridgehead atoms. The Hall–Kier alpha value is -0.851. The van der Waals surface area contributed by atoms with Crippen LogP contribution in [0.5, 0.6) is 0 Å². The number of dihydropyridines is 1. The minimum atomic E-state index is -1.09. The van der Waals surface area contributed by atoms with Gasteiger partial charge in [0, 0.05) is 0 Å². The summed E-state index contributed by atoms with van der Waals surface area (Å²) in [6, 6.07) is 6.63. The fourth-order valence-corrected chi connectivity index (χ4v) is 1.26. The maximum Gasteiger partial charge on any atom is 3.00 e. The molecule has 0 spiro atoms. The van der Waals surface area contributed by atoms with Crippen molar-refractivity contribution in [2.24, 2.45) is 0 Å². The van der Waals surface area contributed by atoms with Crippen LogP contribution in [-0.4, -0.2) is 0 Å². The molecule has 14 heavy (non-hydrogen) atoms. The largest absolute Gasteiger partial charge is 3.00 e. The van der Waals surface area contributed by atoms with Crippen molar-refractivity contribution in [3.63, 3.8) is 0 Å². The van der Waals surface area contributed by atoms with Crippen LogP contribution < -0.4 is 5.31 Å². The summed E-state index contributed by atoms with van der Waals surface area (Å²) in [7, 11) is 0. The van der Waals surface area contributed by atoms with Crippen LogP contribution in [0.1, 0.15) is 18.5 Å². The van der Waals surface area contributed by atoms with Crippen LogP contribution >= 0.6 is 0 Å².